The molecule has 0 rings (SSSR count). The van der Waals surface area contributed by atoms with Gasteiger partial charge in [-0.25, -0.2) is 0 Å². The van der Waals surface area contributed by atoms with Gasteiger partial charge >= 0.3 is 0 Å². The van der Waals surface area contributed by atoms with Crippen molar-refractivity contribution in [2.45, 2.75) is 32.4 Å². The summed E-state index contributed by atoms with van der Waals surface area (Å²) in [6.07, 6.45) is 1.18. The lowest BCUT2D eigenvalue weighted by atomic mass is 10.2. The number of nitrogens with two attached hydrogens (primary N) is 1. The fourth-order valence-electron chi connectivity index (χ4n) is 1.09. The van der Waals surface area contributed by atoms with Gasteiger partial charge in [-0.1, -0.05) is 0 Å². The second kappa shape index (κ2) is 6.40. The van der Waals surface area contributed by atoms with Crippen molar-refractivity contribution in [3.63, 3.8) is 0 Å². The maximum Gasteiger partial charge on any atom is 0.0164 e. The Balaban J connectivity index is 3.39. The molecule has 0 aliphatic rings. The van der Waals surface area contributed by atoms with Crippen LogP contribution in [0.2, 0.25) is 0 Å². The molecule has 0 aliphatic carbocycles. The summed E-state index contributed by atoms with van der Waals surface area (Å²) in [6, 6.07) is 0.994. The first-order valence-electron chi connectivity index (χ1n) is 4.67. The highest BCUT2D eigenvalue weighted by atomic mass is 15.1. The van der Waals surface area contributed by atoms with Gasteiger partial charge in [-0.15, -0.1) is 0 Å². The lowest BCUT2D eigenvalue weighted by molar-refractivity contribution is 0.354. The molecule has 0 fully saturated rings. The van der Waals surface area contributed by atoms with Crippen LogP contribution in [0.1, 0.15) is 20.3 Å². The summed E-state index contributed by atoms with van der Waals surface area (Å²) < 4.78 is 0. The molecule has 0 amide bonds. The van der Waals surface area contributed by atoms with E-state index in [0.717, 1.165) is 6.54 Å². The maximum absolute atomic E-state index is 5.50. The third-order valence-corrected chi connectivity index (χ3v) is 1.93. The molecule has 0 radical (unpaired) electrons. The fraction of sp³-hybridized carbons (Fsp3) is 1.00. The molecule has 0 aromatic heterocycles. The Labute approximate surface area is 76.3 Å². The number of hydrogen-bond acceptors (Lipinski definition) is 3. The van der Waals surface area contributed by atoms with E-state index in [2.05, 4.69) is 38.2 Å². The molecule has 0 aliphatic heterocycles. The highest BCUT2D eigenvalue weighted by molar-refractivity contribution is 4.68. The summed E-state index contributed by atoms with van der Waals surface area (Å²) in [7, 11) is 4.19. The molecule has 12 heavy (non-hydrogen) atoms. The normalized spacial score (nSPS) is 16.5. The Kier molecular flexibility index (Phi) is 6.34. The second-order valence-electron chi connectivity index (χ2n) is 3.80. The van der Waals surface area contributed by atoms with Crippen molar-refractivity contribution in [1.29, 1.82) is 0 Å². The average Bonchev–Trinajstić information content (AvgIpc) is 2.00. The molecule has 2 unspecified atom stereocenters. The van der Waals surface area contributed by atoms with Crippen LogP contribution in [0.4, 0.5) is 0 Å². The summed E-state index contributed by atoms with van der Waals surface area (Å²) in [4.78, 5) is 2.20. The standard InChI is InChI=1S/C9H23N3/c1-8(5-6-12(3)4)11-9(2)7-10/h8-9,11H,5-7,10H2,1-4H3. The van der Waals surface area contributed by atoms with Crippen LogP contribution in [0.5, 0.6) is 0 Å². The minimum absolute atomic E-state index is 0.433. The Morgan fingerprint density at radius 2 is 1.83 bits per heavy atom. The zero-order valence-electron chi connectivity index (χ0n) is 8.80. The smallest absolute Gasteiger partial charge is 0.0164 e. The number of nitrogens with one attached hydrogen (secondary N) is 1. The molecular weight excluding hydrogens is 150 g/mol. The molecule has 0 bridgehead atoms. The van der Waals surface area contributed by atoms with Crippen molar-refractivity contribution >= 4 is 0 Å². The first kappa shape index (κ1) is 11.9. The SMILES string of the molecule is CC(CN)NC(C)CCN(C)C. The Morgan fingerprint density at radius 3 is 2.25 bits per heavy atom. The predicted molar refractivity (Wildman–Crippen MR) is 54.3 cm³/mol. The molecule has 0 heterocycles. The van der Waals surface area contributed by atoms with Crippen LogP contribution in [0.15, 0.2) is 0 Å². The van der Waals surface area contributed by atoms with Crippen LogP contribution in [0.3, 0.4) is 0 Å². The first-order valence-corrected chi connectivity index (χ1v) is 4.67. The molecule has 0 spiro atoms. The minimum Gasteiger partial charge on any atom is -0.329 e. The van der Waals surface area contributed by atoms with E-state index in [1.54, 1.807) is 0 Å². The van der Waals surface area contributed by atoms with Gasteiger partial charge < -0.3 is 16.0 Å². The topological polar surface area (TPSA) is 41.3 Å². The summed E-state index contributed by atoms with van der Waals surface area (Å²) in [5.41, 5.74) is 5.50. The zero-order chi connectivity index (χ0) is 9.56. The van der Waals surface area contributed by atoms with E-state index in [4.69, 9.17) is 5.73 Å². The first-order chi connectivity index (χ1) is 5.56. The van der Waals surface area contributed by atoms with Crippen LogP contribution in [0, 0.1) is 0 Å². The third kappa shape index (κ3) is 6.58. The fourth-order valence-corrected chi connectivity index (χ4v) is 1.09. The van der Waals surface area contributed by atoms with E-state index in [1.807, 2.05) is 0 Å². The van der Waals surface area contributed by atoms with Crippen LogP contribution in [-0.4, -0.2) is 44.2 Å². The van der Waals surface area contributed by atoms with Crippen molar-refractivity contribution in [1.82, 2.24) is 10.2 Å². The lowest BCUT2D eigenvalue weighted by Gasteiger charge is -2.20. The molecule has 0 aromatic carbocycles. The van der Waals surface area contributed by atoms with Crippen LogP contribution < -0.4 is 11.1 Å². The highest BCUT2D eigenvalue weighted by Gasteiger charge is 2.05. The van der Waals surface area contributed by atoms with Gasteiger partial charge in [-0.05, 0) is 40.9 Å². The van der Waals surface area contributed by atoms with E-state index >= 15 is 0 Å². The zero-order valence-corrected chi connectivity index (χ0v) is 8.80. The number of hydrogen-bond donors (Lipinski definition) is 2. The van der Waals surface area contributed by atoms with E-state index in [0.29, 0.717) is 18.6 Å². The van der Waals surface area contributed by atoms with Gasteiger partial charge in [0.15, 0.2) is 0 Å². The van der Waals surface area contributed by atoms with Crippen LogP contribution in [-0.2, 0) is 0 Å². The highest BCUT2D eigenvalue weighted by Crippen LogP contribution is 1.93. The third-order valence-electron chi connectivity index (χ3n) is 1.93. The van der Waals surface area contributed by atoms with Gasteiger partial charge in [0.1, 0.15) is 0 Å². The maximum atomic E-state index is 5.50. The molecule has 3 N–H and O–H groups in total. The Hall–Kier alpha value is -0.120. The number of rotatable bonds is 6. The lowest BCUT2D eigenvalue weighted by Crippen LogP contribution is -2.40. The van der Waals surface area contributed by atoms with Crippen LogP contribution in [0.25, 0.3) is 0 Å². The molecule has 3 heteroatoms. The minimum atomic E-state index is 0.433. The van der Waals surface area contributed by atoms with Gasteiger partial charge in [0.2, 0.25) is 0 Å². The predicted octanol–water partition coefficient (Wildman–Crippen LogP) is 0.263. The van der Waals surface area contributed by atoms with E-state index in [9.17, 15) is 0 Å². The Morgan fingerprint density at radius 1 is 1.25 bits per heavy atom. The summed E-state index contributed by atoms with van der Waals surface area (Å²) in [5.74, 6) is 0. The van der Waals surface area contributed by atoms with E-state index < -0.39 is 0 Å². The van der Waals surface area contributed by atoms with E-state index in [1.165, 1.54) is 6.42 Å². The quantitative estimate of drug-likeness (QED) is 0.605. The van der Waals surface area contributed by atoms with Crippen molar-refractivity contribution in [2.75, 3.05) is 27.2 Å². The summed E-state index contributed by atoms with van der Waals surface area (Å²) in [6.45, 7) is 6.17. The monoisotopic (exact) mass is 173 g/mol. The van der Waals surface area contributed by atoms with Crippen molar-refractivity contribution in [3.05, 3.63) is 0 Å². The molecule has 3 nitrogen and oxygen atoms in total. The summed E-state index contributed by atoms with van der Waals surface area (Å²) >= 11 is 0. The molecule has 2 atom stereocenters. The second-order valence-corrected chi connectivity index (χ2v) is 3.80. The van der Waals surface area contributed by atoms with Gasteiger partial charge in [-0.2, -0.15) is 0 Å². The average molecular weight is 173 g/mol. The largest absolute Gasteiger partial charge is 0.329 e. The van der Waals surface area contributed by atoms with Crippen LogP contribution >= 0.6 is 0 Å². The Bertz CT molecular complexity index is 104. The molecule has 74 valence electrons. The molecule has 0 aromatic rings. The summed E-state index contributed by atoms with van der Waals surface area (Å²) in [5, 5.41) is 3.43. The van der Waals surface area contributed by atoms with Gasteiger partial charge in [-0.3, -0.25) is 0 Å². The van der Waals surface area contributed by atoms with Gasteiger partial charge in [0, 0.05) is 18.6 Å². The van der Waals surface area contributed by atoms with Crippen molar-refractivity contribution in [3.8, 4) is 0 Å². The molecule has 0 saturated carbocycles. The van der Waals surface area contributed by atoms with Gasteiger partial charge in [0.25, 0.3) is 0 Å². The van der Waals surface area contributed by atoms with Gasteiger partial charge in [0.05, 0.1) is 0 Å². The van der Waals surface area contributed by atoms with Crippen molar-refractivity contribution in [2.24, 2.45) is 5.73 Å². The van der Waals surface area contributed by atoms with Crippen molar-refractivity contribution < 1.29 is 0 Å². The number of nitrogens with zero attached hydrogens (tertiary/aromatic N) is 1. The molecular formula is C9H23N3. The molecule has 0 saturated heterocycles. The van der Waals surface area contributed by atoms with E-state index in [-0.39, 0.29) is 0 Å².